The molecule has 0 aromatic rings. The van der Waals surface area contributed by atoms with Gasteiger partial charge in [0.1, 0.15) is 0 Å². The van der Waals surface area contributed by atoms with Gasteiger partial charge >= 0.3 is 5.97 Å². The molecule has 1 unspecified atom stereocenters. The van der Waals surface area contributed by atoms with Gasteiger partial charge in [-0.3, -0.25) is 0 Å². The highest BCUT2D eigenvalue weighted by atomic mass is 16.5. The molecule has 0 heterocycles. The molecule has 3 rings (SSSR count). The molecule has 96 valence electrons. The fourth-order valence-corrected chi connectivity index (χ4v) is 3.60. The predicted molar refractivity (Wildman–Crippen MR) is 65.3 cm³/mol. The van der Waals surface area contributed by atoms with Crippen LogP contribution < -0.4 is 0 Å². The first-order valence-electron chi connectivity index (χ1n) is 6.48. The zero-order valence-electron chi connectivity index (χ0n) is 10.9. The Morgan fingerprint density at radius 1 is 1.53 bits per heavy atom. The summed E-state index contributed by atoms with van der Waals surface area (Å²) in [6.45, 7) is 6.28. The zero-order valence-corrected chi connectivity index (χ0v) is 10.9. The number of aliphatic hydroxyl groups is 1. The van der Waals surface area contributed by atoms with E-state index in [1.165, 1.54) is 6.08 Å². The number of ether oxygens (including phenoxy) is 1. The fourth-order valence-electron chi connectivity index (χ4n) is 3.60. The van der Waals surface area contributed by atoms with E-state index in [9.17, 15) is 9.90 Å². The molecule has 3 aliphatic carbocycles. The van der Waals surface area contributed by atoms with E-state index in [0.717, 1.165) is 19.3 Å². The smallest absolute Gasteiger partial charge is 0.330 e. The molecule has 17 heavy (non-hydrogen) atoms. The molecule has 0 saturated heterocycles. The molecular formula is C14H22O3. The number of rotatable bonds is 3. The van der Waals surface area contributed by atoms with Crippen LogP contribution >= 0.6 is 0 Å². The Balaban J connectivity index is 2.08. The number of hydrogen-bond acceptors (Lipinski definition) is 3. The maximum absolute atomic E-state index is 11.3. The van der Waals surface area contributed by atoms with E-state index in [-0.39, 0.29) is 17.3 Å². The van der Waals surface area contributed by atoms with E-state index in [1.54, 1.807) is 6.92 Å². The largest absolute Gasteiger partial charge is 0.463 e. The van der Waals surface area contributed by atoms with Crippen LogP contribution in [0.4, 0.5) is 0 Å². The molecule has 0 amide bonds. The summed E-state index contributed by atoms with van der Waals surface area (Å²) in [5, 5.41) is 10.3. The van der Waals surface area contributed by atoms with Gasteiger partial charge in [0.15, 0.2) is 0 Å². The molecule has 0 aromatic carbocycles. The lowest BCUT2D eigenvalue weighted by Gasteiger charge is -2.62. The Morgan fingerprint density at radius 2 is 2.24 bits per heavy atom. The van der Waals surface area contributed by atoms with Crippen molar-refractivity contribution in [2.45, 2.75) is 45.6 Å². The summed E-state index contributed by atoms with van der Waals surface area (Å²) < 4.78 is 4.89. The van der Waals surface area contributed by atoms with E-state index < -0.39 is 5.60 Å². The first kappa shape index (κ1) is 12.6. The summed E-state index contributed by atoms with van der Waals surface area (Å²) >= 11 is 0. The average molecular weight is 238 g/mol. The minimum Gasteiger partial charge on any atom is -0.463 e. The van der Waals surface area contributed by atoms with E-state index >= 15 is 0 Å². The van der Waals surface area contributed by atoms with Gasteiger partial charge in [0.25, 0.3) is 0 Å². The first-order valence-corrected chi connectivity index (χ1v) is 6.48. The summed E-state index contributed by atoms with van der Waals surface area (Å²) in [6, 6.07) is 0. The van der Waals surface area contributed by atoms with E-state index in [2.05, 4.69) is 6.92 Å². The maximum Gasteiger partial charge on any atom is 0.330 e. The number of esters is 1. The summed E-state index contributed by atoms with van der Waals surface area (Å²) in [5.41, 5.74) is -0.614. The third-order valence-corrected chi connectivity index (χ3v) is 4.77. The first-order chi connectivity index (χ1) is 7.90. The van der Waals surface area contributed by atoms with Crippen LogP contribution in [0.15, 0.2) is 12.2 Å². The van der Waals surface area contributed by atoms with Crippen LogP contribution in [0.2, 0.25) is 0 Å². The van der Waals surface area contributed by atoms with Crippen molar-refractivity contribution in [1.82, 2.24) is 0 Å². The van der Waals surface area contributed by atoms with Gasteiger partial charge in [-0.2, -0.15) is 0 Å². The van der Waals surface area contributed by atoms with Crippen LogP contribution in [-0.4, -0.2) is 23.3 Å². The highest BCUT2D eigenvalue weighted by molar-refractivity contribution is 5.82. The fraction of sp³-hybridized carbons (Fsp3) is 0.786. The van der Waals surface area contributed by atoms with Gasteiger partial charge in [-0.05, 0) is 50.4 Å². The molecule has 4 atom stereocenters. The normalized spacial score (nSPS) is 44.5. The summed E-state index contributed by atoms with van der Waals surface area (Å²) in [6.07, 6.45) is 6.50. The topological polar surface area (TPSA) is 46.5 Å². The van der Waals surface area contributed by atoms with E-state index in [4.69, 9.17) is 4.74 Å². The molecule has 3 heteroatoms. The van der Waals surface area contributed by atoms with Crippen LogP contribution in [0, 0.1) is 17.3 Å². The van der Waals surface area contributed by atoms with Gasteiger partial charge in [-0.1, -0.05) is 13.0 Å². The van der Waals surface area contributed by atoms with Gasteiger partial charge in [0.05, 0.1) is 12.2 Å². The third kappa shape index (κ3) is 2.01. The van der Waals surface area contributed by atoms with Crippen LogP contribution in [-0.2, 0) is 9.53 Å². The van der Waals surface area contributed by atoms with E-state index in [0.29, 0.717) is 12.5 Å². The summed E-state index contributed by atoms with van der Waals surface area (Å²) in [4.78, 5) is 11.3. The molecule has 0 aromatic heterocycles. The molecule has 2 bridgehead atoms. The average Bonchev–Trinajstić information content (AvgIpc) is 2.24. The molecule has 0 radical (unpaired) electrons. The summed E-state index contributed by atoms with van der Waals surface area (Å²) in [7, 11) is 0. The van der Waals surface area contributed by atoms with Crippen LogP contribution in [0.3, 0.4) is 0 Å². The van der Waals surface area contributed by atoms with Crippen molar-refractivity contribution in [2.24, 2.45) is 17.3 Å². The Morgan fingerprint density at radius 3 is 2.76 bits per heavy atom. The lowest BCUT2D eigenvalue weighted by Crippen LogP contribution is -2.60. The minimum absolute atomic E-state index is 0.0332. The van der Waals surface area contributed by atoms with Gasteiger partial charge in [-0.25, -0.2) is 4.79 Å². The highest BCUT2D eigenvalue weighted by Crippen LogP contribution is 2.63. The Hall–Kier alpha value is -0.830. The van der Waals surface area contributed by atoms with Crippen molar-refractivity contribution in [3.05, 3.63) is 12.2 Å². The van der Waals surface area contributed by atoms with Crippen LogP contribution in [0.25, 0.3) is 0 Å². The lowest BCUT2D eigenvalue weighted by atomic mass is 9.43. The van der Waals surface area contributed by atoms with Crippen molar-refractivity contribution >= 4 is 5.97 Å². The van der Waals surface area contributed by atoms with Gasteiger partial charge in [-0.15, -0.1) is 0 Å². The number of carbonyl (C=O) groups excluding carboxylic acids is 1. The van der Waals surface area contributed by atoms with Gasteiger partial charge in [0, 0.05) is 6.08 Å². The minimum atomic E-state index is -0.581. The molecule has 3 fully saturated rings. The van der Waals surface area contributed by atoms with Crippen LogP contribution in [0.1, 0.15) is 40.0 Å². The maximum atomic E-state index is 11.3. The predicted octanol–water partition coefficient (Wildman–Crippen LogP) is 2.29. The number of fused-ring (bicyclic) bond motifs is 2. The highest BCUT2D eigenvalue weighted by Gasteiger charge is 2.60. The lowest BCUT2D eigenvalue weighted by molar-refractivity contribution is -0.179. The Bertz CT molecular complexity index is 343. The SMILES string of the molecule is CCOC(=O)/C=C/C1(C)[C@@H]2CC[C@](C)(O)[C@H]1C2. The molecule has 0 spiro atoms. The molecule has 1 N–H and O–H groups in total. The quantitative estimate of drug-likeness (QED) is 0.606. The summed E-state index contributed by atoms with van der Waals surface area (Å²) in [5.74, 6) is 0.608. The second-order valence-corrected chi connectivity index (χ2v) is 5.83. The number of allylic oxidation sites excluding steroid dienone is 1. The zero-order chi connectivity index (χ0) is 12.7. The van der Waals surface area contributed by atoms with Crippen LogP contribution in [0.5, 0.6) is 0 Å². The van der Waals surface area contributed by atoms with Crippen molar-refractivity contribution in [2.75, 3.05) is 6.61 Å². The Labute approximate surface area is 103 Å². The molecular weight excluding hydrogens is 216 g/mol. The standard InChI is InChI=1S/C14H22O3/c1-4-17-12(15)6-7-13(2)10-5-8-14(3,16)11(13)9-10/h6-7,10-11,16H,4-5,8-9H2,1-3H3/b7-6+/t10-,11+,13?,14+/m1/s1. The number of carbonyl (C=O) groups is 1. The monoisotopic (exact) mass is 238 g/mol. The molecule has 0 aliphatic heterocycles. The van der Waals surface area contributed by atoms with E-state index in [1.807, 2.05) is 13.0 Å². The van der Waals surface area contributed by atoms with Gasteiger partial charge in [0.2, 0.25) is 0 Å². The Kier molecular flexibility index (Phi) is 3.06. The molecule has 3 aliphatic rings. The second kappa shape index (κ2) is 4.13. The third-order valence-electron chi connectivity index (χ3n) is 4.77. The second-order valence-electron chi connectivity index (χ2n) is 5.83. The van der Waals surface area contributed by atoms with Crippen molar-refractivity contribution in [1.29, 1.82) is 0 Å². The van der Waals surface area contributed by atoms with Gasteiger partial charge < -0.3 is 9.84 Å². The molecule has 3 saturated carbocycles. The number of hydrogen-bond donors (Lipinski definition) is 1. The van der Waals surface area contributed by atoms with Crippen molar-refractivity contribution in [3.8, 4) is 0 Å². The van der Waals surface area contributed by atoms with Crippen molar-refractivity contribution in [3.63, 3.8) is 0 Å². The van der Waals surface area contributed by atoms with Crippen molar-refractivity contribution < 1.29 is 14.6 Å². The molecule has 3 nitrogen and oxygen atoms in total.